The average molecular weight is 423 g/mol. The van der Waals surface area contributed by atoms with Crippen molar-refractivity contribution in [2.24, 2.45) is 0 Å². The standard InChI is InChI=1S/C19H22N2O5S2/c1-3-26-18(23)13-20-17(22)10-12-27-19(20)16-5-4-11-21(16)28(24,25)15-8-6-14(2)7-9-15/h4-9,11,19H,3,10,12-13H2,1-2H3. The lowest BCUT2D eigenvalue weighted by atomic mass is 10.2. The molecule has 1 aromatic carbocycles. The zero-order chi connectivity index (χ0) is 20.3. The number of esters is 1. The normalized spacial score (nSPS) is 17.6. The van der Waals surface area contributed by atoms with Crippen LogP contribution in [0, 0.1) is 6.92 Å². The summed E-state index contributed by atoms with van der Waals surface area (Å²) in [5.74, 6) is -0.154. The number of nitrogens with zero attached hydrogens (tertiary/aromatic N) is 2. The van der Waals surface area contributed by atoms with Crippen molar-refractivity contribution in [2.45, 2.75) is 30.5 Å². The molecular formula is C19H22N2O5S2. The number of carbonyl (C=O) groups excluding carboxylic acids is 2. The number of rotatable bonds is 6. The van der Waals surface area contributed by atoms with Gasteiger partial charge >= 0.3 is 5.97 Å². The van der Waals surface area contributed by atoms with Crippen LogP contribution in [0.25, 0.3) is 0 Å². The van der Waals surface area contributed by atoms with Gasteiger partial charge in [-0.15, -0.1) is 11.8 Å². The van der Waals surface area contributed by atoms with Gasteiger partial charge in [-0.05, 0) is 38.1 Å². The highest BCUT2D eigenvalue weighted by Crippen LogP contribution is 2.38. The van der Waals surface area contributed by atoms with Gasteiger partial charge in [-0.2, -0.15) is 0 Å². The summed E-state index contributed by atoms with van der Waals surface area (Å²) in [5.41, 5.74) is 1.39. The van der Waals surface area contributed by atoms with Crippen LogP contribution in [0.4, 0.5) is 0 Å². The van der Waals surface area contributed by atoms with Gasteiger partial charge in [0.25, 0.3) is 10.0 Å². The first-order chi connectivity index (χ1) is 13.3. The van der Waals surface area contributed by atoms with Crippen LogP contribution in [0.5, 0.6) is 0 Å². The molecule has 150 valence electrons. The molecule has 0 N–H and O–H groups in total. The van der Waals surface area contributed by atoms with Crippen LogP contribution < -0.4 is 0 Å². The number of amides is 1. The highest BCUT2D eigenvalue weighted by Gasteiger charge is 2.35. The molecule has 0 radical (unpaired) electrons. The number of ether oxygens (including phenoxy) is 1. The summed E-state index contributed by atoms with van der Waals surface area (Å²) in [7, 11) is -3.82. The third kappa shape index (κ3) is 4.10. The van der Waals surface area contributed by atoms with Crippen LogP contribution in [0.2, 0.25) is 0 Å². The summed E-state index contributed by atoms with van der Waals surface area (Å²) < 4.78 is 32.4. The zero-order valence-electron chi connectivity index (χ0n) is 15.7. The lowest BCUT2D eigenvalue weighted by Gasteiger charge is -2.34. The van der Waals surface area contributed by atoms with Crippen LogP contribution in [0.15, 0.2) is 47.5 Å². The van der Waals surface area contributed by atoms with E-state index in [0.29, 0.717) is 17.9 Å². The lowest BCUT2D eigenvalue weighted by Crippen LogP contribution is -2.42. The van der Waals surface area contributed by atoms with Crippen LogP contribution in [-0.2, 0) is 24.3 Å². The van der Waals surface area contributed by atoms with Crippen molar-refractivity contribution in [3.8, 4) is 0 Å². The molecule has 0 spiro atoms. The van der Waals surface area contributed by atoms with Crippen molar-refractivity contribution < 1.29 is 22.7 Å². The highest BCUT2D eigenvalue weighted by molar-refractivity contribution is 7.99. The Morgan fingerprint density at radius 1 is 1.25 bits per heavy atom. The van der Waals surface area contributed by atoms with E-state index >= 15 is 0 Å². The second kappa shape index (κ2) is 8.40. The molecule has 0 bridgehead atoms. The van der Waals surface area contributed by atoms with E-state index in [4.69, 9.17) is 4.74 Å². The molecule has 0 aliphatic carbocycles. The van der Waals surface area contributed by atoms with E-state index in [9.17, 15) is 18.0 Å². The molecular weight excluding hydrogens is 400 g/mol. The number of thioether (sulfide) groups is 1. The molecule has 2 aromatic rings. The average Bonchev–Trinajstić information content (AvgIpc) is 3.14. The summed E-state index contributed by atoms with van der Waals surface area (Å²) in [6.45, 7) is 3.59. The van der Waals surface area contributed by atoms with E-state index in [1.165, 1.54) is 26.8 Å². The monoisotopic (exact) mass is 422 g/mol. The van der Waals surface area contributed by atoms with Crippen molar-refractivity contribution in [1.82, 2.24) is 8.87 Å². The number of hydrogen-bond donors (Lipinski definition) is 0. The van der Waals surface area contributed by atoms with Gasteiger partial charge in [0, 0.05) is 18.4 Å². The SMILES string of the molecule is CCOC(=O)CN1C(=O)CCSC1c1cccn1S(=O)(=O)c1ccc(C)cc1. The van der Waals surface area contributed by atoms with Gasteiger partial charge in [-0.1, -0.05) is 17.7 Å². The van der Waals surface area contributed by atoms with Crippen molar-refractivity contribution in [2.75, 3.05) is 18.9 Å². The molecule has 1 aliphatic heterocycles. The maximum atomic E-state index is 13.1. The predicted octanol–water partition coefficient (Wildman–Crippen LogP) is 2.56. The summed E-state index contributed by atoms with van der Waals surface area (Å²) in [6, 6.07) is 9.89. The Kier molecular flexibility index (Phi) is 6.14. The first kappa shape index (κ1) is 20.5. The first-order valence-corrected chi connectivity index (χ1v) is 11.4. The topological polar surface area (TPSA) is 85.7 Å². The maximum Gasteiger partial charge on any atom is 0.325 e. The predicted molar refractivity (Wildman–Crippen MR) is 106 cm³/mol. The summed E-state index contributed by atoms with van der Waals surface area (Å²) in [6.07, 6.45) is 1.76. The van der Waals surface area contributed by atoms with Gasteiger partial charge in [0.15, 0.2) is 0 Å². The van der Waals surface area contributed by atoms with Crippen LogP contribution >= 0.6 is 11.8 Å². The molecule has 1 aliphatic rings. The largest absolute Gasteiger partial charge is 0.465 e. The van der Waals surface area contributed by atoms with Crippen molar-refractivity contribution >= 4 is 33.7 Å². The molecule has 1 saturated heterocycles. The van der Waals surface area contributed by atoms with Crippen LogP contribution in [-0.4, -0.2) is 48.1 Å². The molecule has 0 saturated carbocycles. The van der Waals surface area contributed by atoms with E-state index in [2.05, 4.69) is 0 Å². The van der Waals surface area contributed by atoms with E-state index in [0.717, 1.165) is 5.56 Å². The maximum absolute atomic E-state index is 13.1. The van der Waals surface area contributed by atoms with Gasteiger partial charge < -0.3 is 9.64 Å². The Hall–Kier alpha value is -2.26. The van der Waals surface area contributed by atoms with Crippen molar-refractivity contribution in [3.63, 3.8) is 0 Å². The Morgan fingerprint density at radius 3 is 2.64 bits per heavy atom. The fourth-order valence-electron chi connectivity index (χ4n) is 3.00. The Balaban J connectivity index is 1.97. The molecule has 1 unspecified atom stereocenters. The molecule has 7 nitrogen and oxygen atoms in total. The molecule has 9 heteroatoms. The number of hydrogen-bond acceptors (Lipinski definition) is 6. The minimum Gasteiger partial charge on any atom is -0.465 e. The lowest BCUT2D eigenvalue weighted by molar-refractivity contribution is -0.149. The van der Waals surface area contributed by atoms with Crippen molar-refractivity contribution in [3.05, 3.63) is 53.9 Å². The van der Waals surface area contributed by atoms with E-state index in [1.807, 2.05) is 6.92 Å². The summed E-state index contributed by atoms with van der Waals surface area (Å²) in [4.78, 5) is 26.0. The first-order valence-electron chi connectivity index (χ1n) is 8.90. The Morgan fingerprint density at radius 2 is 1.96 bits per heavy atom. The van der Waals surface area contributed by atoms with Crippen LogP contribution in [0.3, 0.4) is 0 Å². The molecule has 1 aromatic heterocycles. The van der Waals surface area contributed by atoms with Gasteiger partial charge in [-0.3, -0.25) is 9.59 Å². The van der Waals surface area contributed by atoms with Gasteiger partial charge in [-0.25, -0.2) is 12.4 Å². The number of aromatic nitrogens is 1. The molecule has 3 rings (SSSR count). The van der Waals surface area contributed by atoms with E-state index < -0.39 is 21.4 Å². The van der Waals surface area contributed by atoms with E-state index in [1.54, 1.807) is 43.3 Å². The third-order valence-electron chi connectivity index (χ3n) is 4.37. The minimum atomic E-state index is -3.82. The minimum absolute atomic E-state index is 0.166. The molecule has 2 heterocycles. The zero-order valence-corrected chi connectivity index (χ0v) is 17.3. The highest BCUT2D eigenvalue weighted by atomic mass is 32.2. The smallest absolute Gasteiger partial charge is 0.325 e. The van der Waals surface area contributed by atoms with Gasteiger partial charge in [0.1, 0.15) is 11.9 Å². The number of benzene rings is 1. The molecule has 1 amide bonds. The molecule has 1 atom stereocenters. The van der Waals surface area contributed by atoms with E-state index in [-0.39, 0.29) is 24.0 Å². The quantitative estimate of drug-likeness (QED) is 0.665. The fourth-order valence-corrected chi connectivity index (χ4v) is 5.69. The number of aryl methyl sites for hydroxylation is 1. The Bertz CT molecular complexity index is 966. The van der Waals surface area contributed by atoms with Crippen LogP contribution in [0.1, 0.15) is 30.0 Å². The summed E-state index contributed by atoms with van der Waals surface area (Å²) in [5, 5.41) is -0.583. The Labute approximate surface area is 168 Å². The summed E-state index contributed by atoms with van der Waals surface area (Å²) >= 11 is 1.43. The van der Waals surface area contributed by atoms with Gasteiger partial charge in [0.05, 0.1) is 17.2 Å². The molecule has 28 heavy (non-hydrogen) atoms. The molecule has 1 fully saturated rings. The third-order valence-corrected chi connectivity index (χ3v) is 7.34. The second-order valence-corrected chi connectivity index (χ2v) is 9.35. The second-order valence-electron chi connectivity index (χ2n) is 6.35. The number of carbonyl (C=O) groups is 2. The fraction of sp³-hybridized carbons (Fsp3) is 0.368. The van der Waals surface area contributed by atoms with Crippen molar-refractivity contribution in [1.29, 1.82) is 0 Å². The van der Waals surface area contributed by atoms with Gasteiger partial charge in [0.2, 0.25) is 5.91 Å².